The summed E-state index contributed by atoms with van der Waals surface area (Å²) in [5.74, 6) is 0.0512. The van der Waals surface area contributed by atoms with E-state index in [1.807, 2.05) is 36.7 Å². The summed E-state index contributed by atoms with van der Waals surface area (Å²) >= 11 is 0. The number of nitrogens with one attached hydrogen (secondary N) is 1. The molecule has 0 radical (unpaired) electrons. The lowest BCUT2D eigenvalue weighted by atomic mass is 10.1. The first-order valence-electron chi connectivity index (χ1n) is 8.79. The summed E-state index contributed by atoms with van der Waals surface area (Å²) in [6.45, 7) is 8.65. The summed E-state index contributed by atoms with van der Waals surface area (Å²) in [7, 11) is 0. The Labute approximate surface area is 149 Å². The molecule has 0 aliphatic heterocycles. The number of nitrogens with zero attached hydrogens (tertiary/aromatic N) is 2. The molecule has 1 amide bonds. The Morgan fingerprint density at radius 2 is 1.80 bits per heavy atom. The molecule has 0 atom stereocenters. The zero-order chi connectivity index (χ0) is 18.4. The fourth-order valence-electron chi connectivity index (χ4n) is 2.91. The topological polar surface area (TPSA) is 64.0 Å². The van der Waals surface area contributed by atoms with Gasteiger partial charge in [-0.25, -0.2) is 0 Å². The second-order valence-electron chi connectivity index (χ2n) is 6.61. The minimum Gasteiger partial charge on any atom is -0.352 e. The molecule has 0 fully saturated rings. The average molecular weight is 341 g/mol. The highest BCUT2D eigenvalue weighted by atomic mass is 16.1. The fraction of sp³-hybridized carbons (Fsp3) is 0.450. The van der Waals surface area contributed by atoms with Gasteiger partial charge >= 0.3 is 0 Å². The van der Waals surface area contributed by atoms with Gasteiger partial charge in [0, 0.05) is 42.2 Å². The molecule has 0 saturated carbocycles. The number of aromatic nitrogens is 2. The molecule has 0 saturated heterocycles. The minimum atomic E-state index is -0.0306. The molecule has 1 N–H and O–H groups in total. The van der Waals surface area contributed by atoms with Gasteiger partial charge in [0.2, 0.25) is 5.91 Å². The van der Waals surface area contributed by atoms with Crippen LogP contribution in [-0.4, -0.2) is 21.5 Å². The molecule has 2 rings (SSSR count). The summed E-state index contributed by atoms with van der Waals surface area (Å²) < 4.78 is 1.98. The van der Waals surface area contributed by atoms with E-state index in [9.17, 15) is 9.59 Å². The molecule has 1 aromatic carbocycles. The number of rotatable bonds is 8. The van der Waals surface area contributed by atoms with Crippen LogP contribution in [-0.2, 0) is 11.3 Å². The van der Waals surface area contributed by atoms with E-state index < -0.39 is 0 Å². The van der Waals surface area contributed by atoms with Gasteiger partial charge in [-0.15, -0.1) is 0 Å². The molecule has 2 aromatic rings. The first-order chi connectivity index (χ1) is 11.9. The quantitative estimate of drug-likeness (QED) is 0.744. The summed E-state index contributed by atoms with van der Waals surface area (Å²) in [5, 5.41) is 7.47. The molecule has 0 aliphatic carbocycles. The van der Waals surface area contributed by atoms with Gasteiger partial charge in [0.25, 0.3) is 0 Å². The molecule has 1 heterocycles. The highest BCUT2D eigenvalue weighted by molar-refractivity contribution is 5.96. The van der Waals surface area contributed by atoms with E-state index in [0.29, 0.717) is 37.4 Å². The first-order valence-corrected chi connectivity index (χ1v) is 8.79. The Hall–Kier alpha value is -2.43. The number of carbonyl (C=O) groups is 2. The Bertz CT molecular complexity index is 733. The summed E-state index contributed by atoms with van der Waals surface area (Å²) in [6, 6.07) is 9.49. The lowest BCUT2D eigenvalue weighted by Gasteiger charge is -2.09. The van der Waals surface area contributed by atoms with Crippen LogP contribution in [0.1, 0.15) is 66.5 Å². The van der Waals surface area contributed by atoms with E-state index in [4.69, 9.17) is 0 Å². The van der Waals surface area contributed by atoms with Crippen LogP contribution in [0.25, 0.3) is 0 Å². The summed E-state index contributed by atoms with van der Waals surface area (Å²) in [5.41, 5.74) is 3.82. The molecule has 0 aliphatic rings. The van der Waals surface area contributed by atoms with Crippen LogP contribution in [0.2, 0.25) is 0 Å². The molecule has 5 heteroatoms. The predicted octanol–water partition coefficient (Wildman–Crippen LogP) is 3.75. The number of hydrogen-bond acceptors (Lipinski definition) is 3. The molecule has 134 valence electrons. The summed E-state index contributed by atoms with van der Waals surface area (Å²) in [4.78, 5) is 24.1. The van der Waals surface area contributed by atoms with Crippen molar-refractivity contribution in [2.45, 2.75) is 59.5 Å². The number of ketones is 1. The average Bonchev–Trinajstić information content (AvgIpc) is 2.88. The van der Waals surface area contributed by atoms with Gasteiger partial charge in [-0.1, -0.05) is 30.3 Å². The van der Waals surface area contributed by atoms with Gasteiger partial charge in [-0.05, 0) is 34.1 Å². The Kier molecular flexibility index (Phi) is 6.51. The van der Waals surface area contributed by atoms with Gasteiger partial charge in [0.05, 0.1) is 5.69 Å². The second kappa shape index (κ2) is 8.60. The Morgan fingerprint density at radius 3 is 2.40 bits per heavy atom. The predicted molar refractivity (Wildman–Crippen MR) is 98.6 cm³/mol. The van der Waals surface area contributed by atoms with Gasteiger partial charge in [0.15, 0.2) is 5.78 Å². The third-order valence-corrected chi connectivity index (χ3v) is 4.33. The SMILES string of the molecule is Cc1nn(C(C)C)c(C)c1CNC(=O)CCCC(=O)c1ccccc1. The maximum atomic E-state index is 12.0. The molecule has 0 bridgehead atoms. The van der Waals surface area contributed by atoms with Crippen molar-refractivity contribution in [2.24, 2.45) is 0 Å². The molecule has 1 aromatic heterocycles. The van der Waals surface area contributed by atoms with Crippen LogP contribution in [0.3, 0.4) is 0 Å². The van der Waals surface area contributed by atoms with Gasteiger partial charge in [-0.3, -0.25) is 14.3 Å². The van der Waals surface area contributed by atoms with E-state index in [1.54, 1.807) is 12.1 Å². The molecule has 0 unspecified atom stereocenters. The van der Waals surface area contributed by atoms with Crippen LogP contribution < -0.4 is 5.32 Å². The first kappa shape index (κ1) is 18.9. The van der Waals surface area contributed by atoms with Crippen LogP contribution in [0.15, 0.2) is 30.3 Å². The molecular weight excluding hydrogens is 314 g/mol. The number of hydrogen-bond donors (Lipinski definition) is 1. The zero-order valence-electron chi connectivity index (χ0n) is 15.5. The highest BCUT2D eigenvalue weighted by Crippen LogP contribution is 2.17. The summed E-state index contributed by atoms with van der Waals surface area (Å²) in [6.07, 6.45) is 1.30. The minimum absolute atomic E-state index is 0.0306. The van der Waals surface area contributed by atoms with Crippen molar-refractivity contribution in [3.8, 4) is 0 Å². The maximum Gasteiger partial charge on any atom is 0.220 e. The van der Waals surface area contributed by atoms with Crippen LogP contribution in [0, 0.1) is 13.8 Å². The van der Waals surface area contributed by atoms with Crippen molar-refractivity contribution >= 4 is 11.7 Å². The van der Waals surface area contributed by atoms with Crippen molar-refractivity contribution in [1.29, 1.82) is 0 Å². The van der Waals surface area contributed by atoms with Crippen molar-refractivity contribution < 1.29 is 9.59 Å². The monoisotopic (exact) mass is 341 g/mol. The third-order valence-electron chi connectivity index (χ3n) is 4.33. The van der Waals surface area contributed by atoms with Crippen molar-refractivity contribution in [2.75, 3.05) is 0 Å². The number of amides is 1. The third kappa shape index (κ3) is 5.02. The van der Waals surface area contributed by atoms with Gasteiger partial charge < -0.3 is 5.32 Å². The lowest BCUT2D eigenvalue weighted by molar-refractivity contribution is -0.121. The number of benzene rings is 1. The largest absolute Gasteiger partial charge is 0.352 e. The van der Waals surface area contributed by atoms with E-state index >= 15 is 0 Å². The standard InChI is InChI=1S/C20H27N3O2/c1-14(2)23-16(4)18(15(3)22-23)13-21-20(25)12-8-11-19(24)17-9-6-5-7-10-17/h5-7,9-10,14H,8,11-13H2,1-4H3,(H,21,25). The Morgan fingerprint density at radius 1 is 1.12 bits per heavy atom. The lowest BCUT2D eigenvalue weighted by Crippen LogP contribution is -2.23. The fourth-order valence-corrected chi connectivity index (χ4v) is 2.91. The normalized spacial score (nSPS) is 10.9. The van der Waals surface area contributed by atoms with Gasteiger partial charge in [0.1, 0.15) is 0 Å². The van der Waals surface area contributed by atoms with Gasteiger partial charge in [-0.2, -0.15) is 5.10 Å². The molecule has 0 spiro atoms. The van der Waals surface area contributed by atoms with Crippen molar-refractivity contribution in [3.63, 3.8) is 0 Å². The number of aryl methyl sites for hydroxylation is 1. The number of carbonyl (C=O) groups excluding carboxylic acids is 2. The molecule has 25 heavy (non-hydrogen) atoms. The van der Waals surface area contributed by atoms with Crippen molar-refractivity contribution in [3.05, 3.63) is 52.8 Å². The second-order valence-corrected chi connectivity index (χ2v) is 6.61. The van der Waals surface area contributed by atoms with E-state index in [0.717, 1.165) is 17.0 Å². The van der Waals surface area contributed by atoms with E-state index in [-0.39, 0.29) is 11.7 Å². The highest BCUT2D eigenvalue weighted by Gasteiger charge is 2.14. The molecular formula is C20H27N3O2. The van der Waals surface area contributed by atoms with Crippen LogP contribution in [0.5, 0.6) is 0 Å². The Balaban J connectivity index is 1.79. The molecule has 5 nitrogen and oxygen atoms in total. The van der Waals surface area contributed by atoms with Crippen LogP contribution in [0.4, 0.5) is 0 Å². The van der Waals surface area contributed by atoms with E-state index in [1.165, 1.54) is 0 Å². The number of Topliss-reactive ketones (excluding diaryl/α,β-unsaturated/α-hetero) is 1. The van der Waals surface area contributed by atoms with Crippen LogP contribution >= 0.6 is 0 Å². The maximum absolute atomic E-state index is 12.0. The smallest absolute Gasteiger partial charge is 0.220 e. The van der Waals surface area contributed by atoms with E-state index in [2.05, 4.69) is 24.3 Å². The van der Waals surface area contributed by atoms with Crippen molar-refractivity contribution in [1.82, 2.24) is 15.1 Å². The zero-order valence-corrected chi connectivity index (χ0v) is 15.5.